The topological polar surface area (TPSA) is 75.8 Å². The Morgan fingerprint density at radius 3 is 2.79 bits per heavy atom. The summed E-state index contributed by atoms with van der Waals surface area (Å²) in [6.07, 6.45) is 0.602. The number of aromatic hydroxyl groups is 1. The van der Waals surface area contributed by atoms with Crippen LogP contribution in [0.15, 0.2) is 18.2 Å². The van der Waals surface area contributed by atoms with Gasteiger partial charge < -0.3 is 20.5 Å². The highest BCUT2D eigenvalue weighted by atomic mass is 19.1. The summed E-state index contributed by atoms with van der Waals surface area (Å²) in [5.41, 5.74) is 5.10. The molecule has 0 heterocycles. The van der Waals surface area contributed by atoms with E-state index in [-0.39, 0.29) is 11.3 Å². The molecular formula is C13H19FN2O3. The normalized spacial score (nSPS) is 10.5. The Morgan fingerprint density at radius 2 is 2.21 bits per heavy atom. The Kier molecular flexibility index (Phi) is 6.24. The minimum atomic E-state index is -0.736. The van der Waals surface area contributed by atoms with Crippen LogP contribution in [0.5, 0.6) is 5.75 Å². The molecule has 0 saturated carbocycles. The number of carbonyl (C=O) groups is 1. The van der Waals surface area contributed by atoms with Gasteiger partial charge in [0.25, 0.3) is 5.91 Å². The van der Waals surface area contributed by atoms with E-state index >= 15 is 0 Å². The minimum absolute atomic E-state index is 0.310. The number of nitrogens with two attached hydrogens (primary N) is 1. The van der Waals surface area contributed by atoms with Crippen LogP contribution in [0.25, 0.3) is 0 Å². The van der Waals surface area contributed by atoms with Gasteiger partial charge in [-0.25, -0.2) is 4.39 Å². The second kappa shape index (κ2) is 7.70. The summed E-state index contributed by atoms with van der Waals surface area (Å²) in [7, 11) is 1.52. The Morgan fingerprint density at radius 1 is 1.47 bits per heavy atom. The maximum atomic E-state index is 13.6. The third-order valence-corrected chi connectivity index (χ3v) is 2.69. The van der Waals surface area contributed by atoms with Crippen molar-refractivity contribution >= 4 is 5.91 Å². The third-order valence-electron chi connectivity index (χ3n) is 2.69. The molecule has 0 aromatic heterocycles. The summed E-state index contributed by atoms with van der Waals surface area (Å²) in [6.45, 7) is 1.49. The van der Waals surface area contributed by atoms with Crippen LogP contribution in [0.3, 0.4) is 0 Å². The third kappa shape index (κ3) is 4.18. The number of hydrogen-bond acceptors (Lipinski definition) is 4. The highest BCUT2D eigenvalue weighted by Gasteiger charge is 2.22. The number of benzene rings is 1. The van der Waals surface area contributed by atoms with Crippen LogP contribution in [-0.2, 0) is 4.74 Å². The predicted octanol–water partition coefficient (Wildman–Crippen LogP) is 0.969. The molecule has 0 aliphatic carbocycles. The van der Waals surface area contributed by atoms with Crippen molar-refractivity contribution in [3.63, 3.8) is 0 Å². The van der Waals surface area contributed by atoms with Gasteiger partial charge in [-0.2, -0.15) is 0 Å². The molecular weight excluding hydrogens is 251 g/mol. The van der Waals surface area contributed by atoms with Gasteiger partial charge in [-0.3, -0.25) is 4.79 Å². The van der Waals surface area contributed by atoms with Gasteiger partial charge >= 0.3 is 0 Å². The fourth-order valence-electron chi connectivity index (χ4n) is 1.68. The number of ether oxygens (including phenoxy) is 1. The maximum Gasteiger partial charge on any atom is 0.260 e. The lowest BCUT2D eigenvalue weighted by Gasteiger charge is -2.22. The lowest BCUT2D eigenvalue weighted by atomic mass is 10.1. The summed E-state index contributed by atoms with van der Waals surface area (Å²) >= 11 is 0. The van der Waals surface area contributed by atoms with Gasteiger partial charge in [0, 0.05) is 20.2 Å². The lowest BCUT2D eigenvalue weighted by Crippen LogP contribution is -2.36. The quantitative estimate of drug-likeness (QED) is 0.774. The first-order valence-corrected chi connectivity index (χ1v) is 6.07. The molecule has 19 heavy (non-hydrogen) atoms. The van der Waals surface area contributed by atoms with Gasteiger partial charge in [-0.1, -0.05) is 6.07 Å². The molecule has 1 aromatic rings. The number of rotatable bonds is 7. The Bertz CT molecular complexity index is 398. The molecule has 0 aliphatic heterocycles. The van der Waals surface area contributed by atoms with Gasteiger partial charge in [-0.15, -0.1) is 0 Å². The number of carbonyl (C=O) groups excluding carboxylic acids is 1. The molecule has 0 atom stereocenters. The average Bonchev–Trinajstić information content (AvgIpc) is 2.38. The van der Waals surface area contributed by atoms with Crippen LogP contribution in [0.4, 0.5) is 4.39 Å². The number of halogens is 1. The zero-order valence-electron chi connectivity index (χ0n) is 10.9. The minimum Gasteiger partial charge on any atom is -0.507 e. The first kappa shape index (κ1) is 15.4. The van der Waals surface area contributed by atoms with Crippen LogP contribution in [-0.4, -0.2) is 49.3 Å². The van der Waals surface area contributed by atoms with Gasteiger partial charge in [0.15, 0.2) is 0 Å². The van der Waals surface area contributed by atoms with E-state index in [2.05, 4.69) is 0 Å². The molecule has 106 valence electrons. The number of nitrogens with zero attached hydrogens (tertiary/aromatic N) is 1. The fourth-order valence-corrected chi connectivity index (χ4v) is 1.68. The summed E-state index contributed by atoms with van der Waals surface area (Å²) in [6, 6.07) is 3.78. The monoisotopic (exact) mass is 270 g/mol. The van der Waals surface area contributed by atoms with Gasteiger partial charge in [0.1, 0.15) is 17.1 Å². The Hall–Kier alpha value is -1.66. The average molecular weight is 270 g/mol. The lowest BCUT2D eigenvalue weighted by molar-refractivity contribution is 0.0687. The van der Waals surface area contributed by atoms with Crippen molar-refractivity contribution in [2.75, 3.05) is 33.4 Å². The van der Waals surface area contributed by atoms with Gasteiger partial charge in [0.05, 0.1) is 6.61 Å². The van der Waals surface area contributed by atoms with Crippen molar-refractivity contribution in [2.45, 2.75) is 6.42 Å². The largest absolute Gasteiger partial charge is 0.507 e. The molecule has 0 fully saturated rings. The second-order valence-corrected chi connectivity index (χ2v) is 4.06. The Balaban J connectivity index is 2.91. The van der Waals surface area contributed by atoms with Crippen molar-refractivity contribution in [1.29, 1.82) is 0 Å². The summed E-state index contributed by atoms with van der Waals surface area (Å²) in [5, 5.41) is 9.62. The van der Waals surface area contributed by atoms with E-state index in [1.165, 1.54) is 24.1 Å². The van der Waals surface area contributed by atoms with E-state index in [0.717, 1.165) is 6.07 Å². The number of hydrogen-bond donors (Lipinski definition) is 2. The first-order valence-electron chi connectivity index (χ1n) is 6.07. The van der Waals surface area contributed by atoms with Gasteiger partial charge in [-0.05, 0) is 25.1 Å². The van der Waals surface area contributed by atoms with Gasteiger partial charge in [0.2, 0.25) is 0 Å². The van der Waals surface area contributed by atoms with Crippen LogP contribution in [0.1, 0.15) is 16.8 Å². The summed E-state index contributed by atoms with van der Waals surface area (Å²) in [4.78, 5) is 13.7. The van der Waals surface area contributed by atoms with Crippen molar-refractivity contribution in [3.05, 3.63) is 29.6 Å². The first-order chi connectivity index (χ1) is 9.11. The van der Waals surface area contributed by atoms with E-state index < -0.39 is 11.7 Å². The molecule has 1 aromatic carbocycles. The van der Waals surface area contributed by atoms with E-state index in [1.54, 1.807) is 0 Å². The van der Waals surface area contributed by atoms with E-state index in [0.29, 0.717) is 32.7 Å². The molecule has 1 rings (SSSR count). The Labute approximate surface area is 111 Å². The summed E-state index contributed by atoms with van der Waals surface area (Å²) < 4.78 is 18.6. The molecule has 0 bridgehead atoms. The highest BCUT2D eigenvalue weighted by Crippen LogP contribution is 2.21. The number of phenols is 1. The van der Waals surface area contributed by atoms with Crippen molar-refractivity contribution < 1.29 is 19.0 Å². The number of methoxy groups -OCH3 is 1. The molecule has 1 amide bonds. The van der Waals surface area contributed by atoms with Crippen molar-refractivity contribution in [1.82, 2.24) is 4.90 Å². The van der Waals surface area contributed by atoms with Crippen LogP contribution < -0.4 is 5.73 Å². The fraction of sp³-hybridized carbons (Fsp3) is 0.462. The smallest absolute Gasteiger partial charge is 0.260 e. The number of amides is 1. The standard InChI is InChI=1S/C13H19FN2O3/c1-19-9-8-16(7-3-6-15)13(18)12-10(14)4-2-5-11(12)17/h2,4-5,17H,3,6-9,15H2,1H3. The molecule has 0 saturated heterocycles. The SMILES string of the molecule is COCCN(CCCN)C(=O)c1c(O)cccc1F. The molecule has 5 nitrogen and oxygen atoms in total. The highest BCUT2D eigenvalue weighted by molar-refractivity contribution is 5.97. The molecule has 3 N–H and O–H groups in total. The molecule has 0 unspecified atom stereocenters. The maximum absolute atomic E-state index is 13.6. The van der Waals surface area contributed by atoms with Crippen LogP contribution in [0.2, 0.25) is 0 Å². The summed E-state index contributed by atoms with van der Waals surface area (Å²) in [5.74, 6) is -1.65. The van der Waals surface area contributed by atoms with Crippen molar-refractivity contribution in [3.8, 4) is 5.75 Å². The zero-order chi connectivity index (χ0) is 14.3. The zero-order valence-corrected chi connectivity index (χ0v) is 10.9. The van der Waals surface area contributed by atoms with E-state index in [1.807, 2.05) is 0 Å². The van der Waals surface area contributed by atoms with Crippen LogP contribution >= 0.6 is 0 Å². The van der Waals surface area contributed by atoms with Crippen molar-refractivity contribution in [2.24, 2.45) is 5.73 Å². The van der Waals surface area contributed by atoms with Crippen LogP contribution in [0, 0.1) is 5.82 Å². The predicted molar refractivity (Wildman–Crippen MR) is 69.5 cm³/mol. The molecule has 0 radical (unpaired) electrons. The molecule has 6 heteroatoms. The molecule has 0 aliphatic rings. The van der Waals surface area contributed by atoms with E-state index in [4.69, 9.17) is 10.5 Å². The molecule has 0 spiro atoms. The second-order valence-electron chi connectivity index (χ2n) is 4.06. The van der Waals surface area contributed by atoms with E-state index in [9.17, 15) is 14.3 Å². The number of phenolic OH excluding ortho intramolecular Hbond substituents is 1.